The van der Waals surface area contributed by atoms with Crippen LogP contribution in [0.25, 0.3) is 0 Å². The first-order chi connectivity index (χ1) is 17.8. The molecule has 1 heterocycles. The molecule has 1 nitrogen and oxygen atoms in total. The van der Waals surface area contributed by atoms with Gasteiger partial charge in [-0.05, 0) is 121 Å². The van der Waals surface area contributed by atoms with E-state index in [1.54, 1.807) is 11.3 Å². The Morgan fingerprint density at radius 1 is 0.865 bits per heavy atom. The summed E-state index contributed by atoms with van der Waals surface area (Å²) in [7, 11) is 0. The number of fused-ring (bicyclic) bond motifs is 6. The first kappa shape index (κ1) is 25.8. The minimum absolute atomic E-state index is 0.511. The molecular weight excluding hydrogens is 446 g/mol. The molecule has 0 N–H and O–H groups in total. The Labute approximate surface area is 227 Å². The average molecular weight is 500 g/mol. The molecule has 4 aliphatic rings. The number of nitrogens with zero attached hydrogens (tertiary/aromatic N) is 1. The molecule has 0 saturated heterocycles. The third-order valence-corrected chi connectivity index (χ3v) is 12.6. The first-order valence-corrected chi connectivity index (χ1v) is 16.0. The molecule has 3 saturated carbocycles. The van der Waals surface area contributed by atoms with Crippen molar-refractivity contribution >= 4 is 0 Å². The predicted octanol–water partition coefficient (Wildman–Crippen LogP) is 9.57. The molecule has 0 amide bonds. The summed E-state index contributed by atoms with van der Waals surface area (Å²) < 4.78 is 2.58. The summed E-state index contributed by atoms with van der Waals surface area (Å²) in [6, 6.07) is 13.5. The van der Waals surface area contributed by atoms with Crippen molar-refractivity contribution in [2.24, 2.45) is 52.3 Å². The number of hydrogen-bond acceptors (Lipinski definition) is 0. The molecule has 3 fully saturated rings. The Kier molecular flexibility index (Phi) is 6.90. The Hall–Kier alpha value is -1.50. The van der Waals surface area contributed by atoms with Crippen molar-refractivity contribution in [1.82, 2.24) is 4.57 Å². The summed E-state index contributed by atoms with van der Waals surface area (Å²) in [6.07, 6.45) is 18.4. The van der Waals surface area contributed by atoms with Gasteiger partial charge in [0.25, 0.3) is 0 Å². The highest BCUT2D eigenvalue weighted by molar-refractivity contribution is 5.31. The van der Waals surface area contributed by atoms with Crippen LogP contribution in [0.3, 0.4) is 0 Å². The van der Waals surface area contributed by atoms with E-state index in [-0.39, 0.29) is 0 Å². The molecule has 8 atom stereocenters. The van der Waals surface area contributed by atoms with Gasteiger partial charge in [-0.15, -0.1) is 0 Å². The van der Waals surface area contributed by atoms with Crippen LogP contribution in [0, 0.1) is 52.3 Å². The zero-order valence-electron chi connectivity index (χ0n) is 24.5. The van der Waals surface area contributed by atoms with Crippen LogP contribution >= 0.6 is 0 Å². The molecule has 0 spiro atoms. The van der Waals surface area contributed by atoms with Gasteiger partial charge in [-0.3, -0.25) is 0 Å². The molecule has 1 aromatic heterocycles. The highest BCUT2D eigenvalue weighted by atomic mass is 15.0. The molecule has 1 aromatic carbocycles. The van der Waals surface area contributed by atoms with Crippen LogP contribution in [0.1, 0.15) is 109 Å². The molecule has 0 bridgehead atoms. The fourth-order valence-electron chi connectivity index (χ4n) is 10.7. The van der Waals surface area contributed by atoms with Crippen molar-refractivity contribution in [3.8, 4) is 0 Å². The first-order valence-electron chi connectivity index (χ1n) is 16.0. The van der Waals surface area contributed by atoms with Crippen LogP contribution in [-0.2, 0) is 19.4 Å². The molecule has 1 heteroatoms. The fraction of sp³-hybridized carbons (Fsp3) is 0.722. The number of hydrogen-bond donors (Lipinski definition) is 0. The summed E-state index contributed by atoms with van der Waals surface area (Å²) in [5.41, 5.74) is 5.88. The van der Waals surface area contributed by atoms with E-state index in [1.807, 2.05) is 0 Å². The normalized spacial score (nSPS) is 37.5. The van der Waals surface area contributed by atoms with Crippen molar-refractivity contribution in [1.29, 1.82) is 0 Å². The summed E-state index contributed by atoms with van der Waals surface area (Å²) in [4.78, 5) is 0. The van der Waals surface area contributed by atoms with Crippen molar-refractivity contribution in [3.05, 3.63) is 59.4 Å². The third kappa shape index (κ3) is 4.45. The van der Waals surface area contributed by atoms with Crippen molar-refractivity contribution in [3.63, 3.8) is 0 Å². The molecular formula is C36H53N. The molecule has 0 aliphatic heterocycles. The number of aromatic nitrogens is 1. The zero-order chi connectivity index (χ0) is 25.8. The maximum Gasteiger partial charge on any atom is 0.0472 e. The summed E-state index contributed by atoms with van der Waals surface area (Å²) in [5, 5.41) is 0. The Morgan fingerprint density at radius 3 is 2.43 bits per heavy atom. The summed E-state index contributed by atoms with van der Waals surface area (Å²) in [6.45, 7) is 13.9. The van der Waals surface area contributed by atoms with Crippen molar-refractivity contribution < 1.29 is 0 Å². The van der Waals surface area contributed by atoms with Crippen LogP contribution in [0.15, 0.2) is 42.6 Å². The van der Waals surface area contributed by atoms with Crippen LogP contribution in [0.2, 0.25) is 0 Å². The monoisotopic (exact) mass is 499 g/mol. The van der Waals surface area contributed by atoms with Crippen LogP contribution in [-0.4, -0.2) is 4.57 Å². The van der Waals surface area contributed by atoms with Gasteiger partial charge in [0.2, 0.25) is 0 Å². The molecule has 0 unspecified atom stereocenters. The predicted molar refractivity (Wildman–Crippen MR) is 157 cm³/mol. The molecule has 202 valence electrons. The van der Waals surface area contributed by atoms with E-state index in [9.17, 15) is 0 Å². The van der Waals surface area contributed by atoms with Crippen molar-refractivity contribution in [2.45, 2.75) is 112 Å². The van der Waals surface area contributed by atoms with Gasteiger partial charge in [0.15, 0.2) is 0 Å². The lowest BCUT2D eigenvalue weighted by Crippen LogP contribution is -2.54. The Bertz CT molecular complexity index is 1060. The Balaban J connectivity index is 1.18. The zero-order valence-corrected chi connectivity index (χ0v) is 24.5. The fourth-order valence-corrected chi connectivity index (χ4v) is 10.7. The van der Waals surface area contributed by atoms with Crippen LogP contribution in [0.5, 0.6) is 0 Å². The van der Waals surface area contributed by atoms with Gasteiger partial charge >= 0.3 is 0 Å². The molecule has 4 aliphatic carbocycles. The number of rotatable bonds is 7. The van der Waals surface area contributed by atoms with Gasteiger partial charge in [-0.1, -0.05) is 84.2 Å². The average Bonchev–Trinajstić information content (AvgIpc) is 3.42. The summed E-state index contributed by atoms with van der Waals surface area (Å²) >= 11 is 0. The molecule has 2 aromatic rings. The minimum Gasteiger partial charge on any atom is -0.347 e. The van der Waals surface area contributed by atoms with Gasteiger partial charge < -0.3 is 4.57 Å². The van der Waals surface area contributed by atoms with E-state index < -0.39 is 0 Å². The quantitative estimate of drug-likeness (QED) is 0.357. The lowest BCUT2D eigenvalue weighted by atomic mass is 9.44. The maximum atomic E-state index is 2.75. The van der Waals surface area contributed by atoms with Crippen LogP contribution < -0.4 is 0 Å². The maximum absolute atomic E-state index is 2.75. The van der Waals surface area contributed by atoms with Gasteiger partial charge in [0.05, 0.1) is 0 Å². The summed E-state index contributed by atoms with van der Waals surface area (Å²) in [5.74, 6) is 6.55. The molecule has 0 radical (unpaired) electrons. The van der Waals surface area contributed by atoms with E-state index in [4.69, 9.17) is 0 Å². The lowest BCUT2D eigenvalue weighted by Gasteiger charge is -2.60. The SMILES string of the molecule is CC(C)CCC[C@@H](C)[C@H]1CC[C@H]2[C@@H]3CC[C@H]4Cc5c(ccn5Cc5ccccc5)C[C@]4(C)[C@H]3CC[C@]12C. The molecule has 6 rings (SSSR count). The smallest absolute Gasteiger partial charge is 0.0472 e. The molecule has 37 heavy (non-hydrogen) atoms. The van der Waals surface area contributed by atoms with E-state index in [1.165, 1.54) is 76.2 Å². The van der Waals surface area contributed by atoms with Gasteiger partial charge in [-0.25, -0.2) is 0 Å². The number of benzene rings is 1. The Morgan fingerprint density at radius 2 is 1.65 bits per heavy atom. The van der Waals surface area contributed by atoms with Gasteiger partial charge in [0, 0.05) is 18.4 Å². The topological polar surface area (TPSA) is 4.93 Å². The third-order valence-electron chi connectivity index (χ3n) is 12.6. The van der Waals surface area contributed by atoms with E-state index in [2.05, 4.69) is 81.8 Å². The largest absolute Gasteiger partial charge is 0.347 e. The second-order valence-corrected chi connectivity index (χ2v) is 15.0. The highest BCUT2D eigenvalue weighted by Gasteiger charge is 2.60. The van der Waals surface area contributed by atoms with Crippen molar-refractivity contribution in [2.75, 3.05) is 0 Å². The van der Waals surface area contributed by atoms with Gasteiger partial charge in [-0.2, -0.15) is 0 Å². The van der Waals surface area contributed by atoms with E-state index in [0.717, 1.165) is 48.0 Å². The van der Waals surface area contributed by atoms with E-state index >= 15 is 0 Å². The standard InChI is InChI=1S/C36H53N/c1-25(2)10-9-11-26(3)31-16-17-32-30-15-14-29-22-34-28(19-21-37(34)24-27-12-7-6-8-13-27)23-36(29,5)33(30)18-20-35(31,32)4/h6-8,12-13,19,21,25-26,29-33H,9-11,14-18,20,22-24H2,1-5H3/t26-,29+,30+,31-,32+,33+,35-,36+/m1/s1. The highest BCUT2D eigenvalue weighted by Crippen LogP contribution is 2.68. The minimum atomic E-state index is 0.511. The second-order valence-electron chi connectivity index (χ2n) is 15.0. The second kappa shape index (κ2) is 9.91. The van der Waals surface area contributed by atoms with E-state index in [0.29, 0.717) is 10.8 Å². The lowest BCUT2D eigenvalue weighted by molar-refractivity contribution is -0.103. The van der Waals surface area contributed by atoms with Gasteiger partial charge in [0.1, 0.15) is 0 Å². The van der Waals surface area contributed by atoms with Crippen LogP contribution in [0.4, 0.5) is 0 Å².